The van der Waals surface area contributed by atoms with Crippen LogP contribution in [0.3, 0.4) is 0 Å². The monoisotopic (exact) mass is 643 g/mol. The summed E-state index contributed by atoms with van der Waals surface area (Å²) in [5.74, 6) is 1.11. The van der Waals surface area contributed by atoms with Gasteiger partial charge < -0.3 is 28.6 Å². The smallest absolute Gasteiger partial charge is 0.420 e. The molecule has 0 spiro atoms. The Morgan fingerprint density at radius 3 is 2.49 bits per heavy atom. The molecule has 2 unspecified atom stereocenters. The Kier molecular flexibility index (Phi) is 10.3. The van der Waals surface area contributed by atoms with Crippen molar-refractivity contribution in [2.24, 2.45) is 5.92 Å². The highest BCUT2D eigenvalue weighted by Gasteiger charge is 2.36. The third-order valence-corrected chi connectivity index (χ3v) is 7.71. The summed E-state index contributed by atoms with van der Waals surface area (Å²) in [6.07, 6.45) is 1.60. The Balaban J connectivity index is 1.49. The van der Waals surface area contributed by atoms with Crippen LogP contribution in [0.5, 0.6) is 11.6 Å². The van der Waals surface area contributed by atoms with Crippen LogP contribution in [0, 0.1) is 12.8 Å². The number of carbonyl (C=O) groups excluding carboxylic acids is 3. The maximum absolute atomic E-state index is 13.9. The molecule has 248 valence electrons. The van der Waals surface area contributed by atoms with Crippen molar-refractivity contribution in [1.29, 1.82) is 0 Å². The zero-order valence-corrected chi connectivity index (χ0v) is 27.4. The van der Waals surface area contributed by atoms with Gasteiger partial charge in [0, 0.05) is 24.9 Å². The number of rotatable bonds is 10. The van der Waals surface area contributed by atoms with Crippen molar-refractivity contribution in [2.45, 2.75) is 65.8 Å². The molecule has 12 heteroatoms. The lowest BCUT2D eigenvalue weighted by Gasteiger charge is -2.37. The second-order valence-electron chi connectivity index (χ2n) is 12.3. The number of likely N-dealkylation sites (tertiary alicyclic amines) is 1. The first-order chi connectivity index (χ1) is 22.6. The van der Waals surface area contributed by atoms with E-state index in [-0.39, 0.29) is 31.4 Å². The second kappa shape index (κ2) is 14.5. The largest absolute Gasteiger partial charge is 0.494 e. The van der Waals surface area contributed by atoms with E-state index < -0.39 is 23.9 Å². The number of fused-ring (bicyclic) bond motifs is 1. The van der Waals surface area contributed by atoms with Crippen molar-refractivity contribution in [2.75, 3.05) is 24.6 Å². The minimum absolute atomic E-state index is 0.146. The number of aldehydes is 1. The van der Waals surface area contributed by atoms with Crippen molar-refractivity contribution in [3.8, 4) is 11.6 Å². The van der Waals surface area contributed by atoms with Gasteiger partial charge in [0.2, 0.25) is 5.88 Å². The third-order valence-electron chi connectivity index (χ3n) is 7.71. The van der Waals surface area contributed by atoms with E-state index in [2.05, 4.69) is 5.10 Å². The van der Waals surface area contributed by atoms with Crippen molar-refractivity contribution in [3.05, 3.63) is 78.0 Å². The lowest BCUT2D eigenvalue weighted by molar-refractivity contribution is -0.110. The number of carbonyl (C=O) groups is 3. The molecule has 0 saturated carbocycles. The number of piperidine rings is 1. The average Bonchev–Trinajstić information content (AvgIpc) is 3.51. The molecule has 0 N–H and O–H groups in total. The summed E-state index contributed by atoms with van der Waals surface area (Å²) in [5, 5.41) is 4.47. The fourth-order valence-electron chi connectivity index (χ4n) is 5.46. The molecule has 47 heavy (non-hydrogen) atoms. The predicted molar refractivity (Wildman–Crippen MR) is 175 cm³/mol. The molecular formula is C35H41N5O7. The van der Waals surface area contributed by atoms with Gasteiger partial charge in [0.15, 0.2) is 11.5 Å². The minimum Gasteiger partial charge on any atom is -0.494 e. The molecule has 1 saturated heterocycles. The molecule has 0 radical (unpaired) electrons. The molecule has 0 aliphatic carbocycles. The lowest BCUT2D eigenvalue weighted by atomic mass is 9.91. The van der Waals surface area contributed by atoms with Crippen LogP contribution < -0.4 is 14.4 Å². The quantitative estimate of drug-likeness (QED) is 0.178. The van der Waals surface area contributed by atoms with Crippen LogP contribution in [0.4, 0.5) is 21.1 Å². The Morgan fingerprint density at radius 2 is 1.81 bits per heavy atom. The maximum Gasteiger partial charge on any atom is 0.420 e. The number of benzene rings is 2. The average molecular weight is 644 g/mol. The number of nitrogens with zero attached hydrogens (tertiary/aromatic N) is 5. The van der Waals surface area contributed by atoms with Gasteiger partial charge in [-0.25, -0.2) is 14.5 Å². The Morgan fingerprint density at radius 1 is 1.06 bits per heavy atom. The van der Waals surface area contributed by atoms with Crippen molar-refractivity contribution in [3.63, 3.8) is 0 Å². The molecule has 0 bridgehead atoms. The van der Waals surface area contributed by atoms with E-state index in [4.69, 9.17) is 23.9 Å². The number of ether oxygens (including phenoxy) is 4. The van der Waals surface area contributed by atoms with Crippen molar-refractivity contribution >= 4 is 35.6 Å². The van der Waals surface area contributed by atoms with E-state index in [0.29, 0.717) is 48.0 Å². The topological polar surface area (TPSA) is 125 Å². The standard InChI is InChI=1S/C35H41N5O7/c1-6-44-28-14-12-27(13-15-28)39(34(43)47-35(3,4)5)32-24(2)31(37-30-16-19-36-40(30)32)46-29-22-38(20-17-26(29)18-21-41)33(42)45-23-25-10-8-7-9-11-25/h7-16,19,21,26,29H,6,17-18,20,22-23H2,1-5H3. The van der Waals surface area contributed by atoms with Gasteiger partial charge in [-0.2, -0.15) is 14.6 Å². The Hall–Kier alpha value is -5.13. The SMILES string of the molecule is CCOc1ccc(N(C(=O)OC(C)(C)C)c2c(C)c(OC3CN(C(=O)OCc4ccccc4)CCC3CC=O)nc3ccnn23)cc1. The predicted octanol–water partition coefficient (Wildman–Crippen LogP) is 6.50. The highest BCUT2D eigenvalue weighted by molar-refractivity contribution is 5.96. The summed E-state index contributed by atoms with van der Waals surface area (Å²) in [4.78, 5) is 46.4. The van der Waals surface area contributed by atoms with Gasteiger partial charge in [-0.3, -0.25) is 0 Å². The Labute approximate surface area is 274 Å². The molecule has 4 aromatic rings. The van der Waals surface area contributed by atoms with Gasteiger partial charge in [0.1, 0.15) is 30.3 Å². The molecule has 1 aliphatic heterocycles. The van der Waals surface area contributed by atoms with Crippen LogP contribution in [-0.2, 0) is 20.9 Å². The van der Waals surface area contributed by atoms with Crippen LogP contribution in [-0.4, -0.2) is 69.4 Å². The summed E-state index contributed by atoms with van der Waals surface area (Å²) < 4.78 is 25.2. The van der Waals surface area contributed by atoms with Crippen LogP contribution in [0.1, 0.15) is 51.7 Å². The van der Waals surface area contributed by atoms with Gasteiger partial charge in [-0.05, 0) is 70.9 Å². The molecule has 1 aliphatic rings. The molecule has 5 rings (SSSR count). The fraction of sp³-hybridized carbons (Fsp3) is 0.400. The molecule has 2 amide bonds. The molecule has 12 nitrogen and oxygen atoms in total. The molecule has 2 aromatic heterocycles. The fourth-order valence-corrected chi connectivity index (χ4v) is 5.46. The number of amides is 2. The van der Waals surface area contributed by atoms with Gasteiger partial charge in [-0.15, -0.1) is 0 Å². The van der Waals surface area contributed by atoms with E-state index in [1.54, 1.807) is 73.6 Å². The summed E-state index contributed by atoms with van der Waals surface area (Å²) in [7, 11) is 0. The Bertz CT molecular complexity index is 1680. The lowest BCUT2D eigenvalue weighted by Crippen LogP contribution is -2.49. The summed E-state index contributed by atoms with van der Waals surface area (Å²) in [5.41, 5.74) is 1.56. The molecular weight excluding hydrogens is 602 g/mol. The molecule has 2 aromatic carbocycles. The van der Waals surface area contributed by atoms with E-state index in [0.717, 1.165) is 11.8 Å². The first-order valence-electron chi connectivity index (χ1n) is 15.7. The van der Waals surface area contributed by atoms with Gasteiger partial charge in [-0.1, -0.05) is 30.3 Å². The zero-order chi connectivity index (χ0) is 33.6. The third kappa shape index (κ3) is 8.00. The summed E-state index contributed by atoms with van der Waals surface area (Å²) in [6, 6.07) is 18.3. The van der Waals surface area contributed by atoms with Crippen LogP contribution in [0.15, 0.2) is 66.9 Å². The maximum atomic E-state index is 13.9. The van der Waals surface area contributed by atoms with Gasteiger partial charge in [0.25, 0.3) is 0 Å². The van der Waals surface area contributed by atoms with E-state index in [1.165, 1.54) is 4.90 Å². The zero-order valence-electron chi connectivity index (χ0n) is 27.4. The summed E-state index contributed by atoms with van der Waals surface area (Å²) in [6.45, 7) is 10.3. The van der Waals surface area contributed by atoms with Crippen molar-refractivity contribution < 1.29 is 33.3 Å². The van der Waals surface area contributed by atoms with E-state index in [9.17, 15) is 14.4 Å². The van der Waals surface area contributed by atoms with Crippen LogP contribution >= 0.6 is 0 Å². The number of hydrogen-bond donors (Lipinski definition) is 0. The first kappa shape index (κ1) is 33.2. The molecule has 1 fully saturated rings. The highest BCUT2D eigenvalue weighted by Crippen LogP contribution is 2.37. The molecule has 2 atom stereocenters. The van der Waals surface area contributed by atoms with Gasteiger partial charge >= 0.3 is 12.2 Å². The van der Waals surface area contributed by atoms with Gasteiger partial charge in [0.05, 0.1) is 30.6 Å². The van der Waals surface area contributed by atoms with E-state index in [1.807, 2.05) is 37.3 Å². The molecule has 3 heterocycles. The number of aromatic nitrogens is 3. The number of anilines is 2. The van der Waals surface area contributed by atoms with Crippen LogP contribution in [0.25, 0.3) is 5.65 Å². The van der Waals surface area contributed by atoms with Crippen molar-refractivity contribution in [1.82, 2.24) is 19.5 Å². The van der Waals surface area contributed by atoms with Crippen LogP contribution in [0.2, 0.25) is 0 Å². The highest BCUT2D eigenvalue weighted by atomic mass is 16.6. The minimum atomic E-state index is -0.785. The first-order valence-corrected chi connectivity index (χ1v) is 15.7. The normalized spacial score (nSPS) is 16.4. The number of hydrogen-bond acceptors (Lipinski definition) is 9. The summed E-state index contributed by atoms with van der Waals surface area (Å²) >= 11 is 0. The second-order valence-corrected chi connectivity index (χ2v) is 12.3. The van der Waals surface area contributed by atoms with E-state index >= 15 is 0 Å².